The van der Waals surface area contributed by atoms with Gasteiger partial charge in [0.2, 0.25) is 5.95 Å². The van der Waals surface area contributed by atoms with Crippen LogP contribution in [-0.4, -0.2) is 14.8 Å². The number of hydrogen-bond donors (Lipinski definition) is 1. The SMILES string of the molecule is Nc1nc(C2CCC2)n(-c2ccccc2)n1. The summed E-state index contributed by atoms with van der Waals surface area (Å²) in [4.78, 5) is 4.34. The molecule has 0 amide bonds. The summed E-state index contributed by atoms with van der Waals surface area (Å²) in [6, 6.07) is 10.0. The molecule has 1 fully saturated rings. The Bertz CT molecular complexity index is 485. The highest BCUT2D eigenvalue weighted by molar-refractivity contribution is 5.34. The van der Waals surface area contributed by atoms with Gasteiger partial charge in [-0.3, -0.25) is 0 Å². The third-order valence-corrected chi connectivity index (χ3v) is 3.12. The van der Waals surface area contributed by atoms with Gasteiger partial charge in [0.15, 0.2) is 0 Å². The average Bonchev–Trinajstić information content (AvgIpc) is 2.59. The van der Waals surface area contributed by atoms with Crippen molar-refractivity contribution in [2.75, 3.05) is 5.73 Å². The van der Waals surface area contributed by atoms with Gasteiger partial charge < -0.3 is 5.73 Å². The number of nitrogen functional groups attached to an aromatic ring is 1. The van der Waals surface area contributed by atoms with E-state index in [-0.39, 0.29) is 0 Å². The fourth-order valence-corrected chi connectivity index (χ4v) is 2.03. The number of benzene rings is 1. The molecule has 0 bridgehead atoms. The average molecular weight is 214 g/mol. The van der Waals surface area contributed by atoms with Crippen molar-refractivity contribution in [1.82, 2.24) is 14.8 Å². The Hall–Kier alpha value is -1.84. The predicted molar refractivity (Wildman–Crippen MR) is 62.4 cm³/mol. The molecule has 3 rings (SSSR count). The minimum Gasteiger partial charge on any atom is -0.366 e. The zero-order valence-corrected chi connectivity index (χ0v) is 9.00. The van der Waals surface area contributed by atoms with Gasteiger partial charge in [-0.2, -0.15) is 4.98 Å². The number of aromatic nitrogens is 3. The van der Waals surface area contributed by atoms with E-state index < -0.39 is 0 Å². The molecule has 1 aromatic carbocycles. The molecule has 4 heteroatoms. The van der Waals surface area contributed by atoms with E-state index in [0.717, 1.165) is 11.5 Å². The molecule has 0 saturated heterocycles. The van der Waals surface area contributed by atoms with Crippen LogP contribution in [0.1, 0.15) is 31.0 Å². The van der Waals surface area contributed by atoms with Gasteiger partial charge in [-0.05, 0) is 25.0 Å². The monoisotopic (exact) mass is 214 g/mol. The Morgan fingerprint density at radius 3 is 2.56 bits per heavy atom. The third kappa shape index (κ3) is 1.46. The van der Waals surface area contributed by atoms with Gasteiger partial charge in [0.1, 0.15) is 5.82 Å². The molecule has 0 spiro atoms. The number of para-hydroxylation sites is 1. The maximum absolute atomic E-state index is 5.69. The Kier molecular flexibility index (Phi) is 2.13. The first-order chi connectivity index (χ1) is 7.84. The molecule has 1 aromatic heterocycles. The van der Waals surface area contributed by atoms with Crippen molar-refractivity contribution in [2.24, 2.45) is 0 Å². The summed E-state index contributed by atoms with van der Waals surface area (Å²) in [5.41, 5.74) is 6.73. The number of anilines is 1. The largest absolute Gasteiger partial charge is 0.366 e. The maximum atomic E-state index is 5.69. The molecule has 82 valence electrons. The van der Waals surface area contributed by atoms with Crippen LogP contribution in [0.25, 0.3) is 5.69 Å². The third-order valence-electron chi connectivity index (χ3n) is 3.12. The predicted octanol–water partition coefficient (Wildman–Crippen LogP) is 2.12. The van der Waals surface area contributed by atoms with E-state index in [4.69, 9.17) is 5.73 Å². The molecular weight excluding hydrogens is 200 g/mol. The van der Waals surface area contributed by atoms with Crippen LogP contribution < -0.4 is 5.73 Å². The molecule has 0 unspecified atom stereocenters. The lowest BCUT2D eigenvalue weighted by molar-refractivity contribution is 0.395. The lowest BCUT2D eigenvalue weighted by Gasteiger charge is -2.24. The molecule has 0 atom stereocenters. The first-order valence-electron chi connectivity index (χ1n) is 5.62. The Labute approximate surface area is 94.1 Å². The summed E-state index contributed by atoms with van der Waals surface area (Å²) in [7, 11) is 0. The van der Waals surface area contributed by atoms with E-state index in [2.05, 4.69) is 10.1 Å². The summed E-state index contributed by atoms with van der Waals surface area (Å²) in [5.74, 6) is 1.91. The van der Waals surface area contributed by atoms with Gasteiger partial charge in [0.25, 0.3) is 0 Å². The minimum atomic E-state index is 0.366. The molecule has 1 heterocycles. The van der Waals surface area contributed by atoms with Gasteiger partial charge in [0.05, 0.1) is 5.69 Å². The molecule has 4 nitrogen and oxygen atoms in total. The molecular formula is C12H14N4. The van der Waals surface area contributed by atoms with Crippen LogP contribution in [0.3, 0.4) is 0 Å². The van der Waals surface area contributed by atoms with Gasteiger partial charge >= 0.3 is 0 Å². The molecule has 0 aliphatic heterocycles. The highest BCUT2D eigenvalue weighted by atomic mass is 15.4. The van der Waals surface area contributed by atoms with Crippen LogP contribution in [-0.2, 0) is 0 Å². The fourth-order valence-electron chi connectivity index (χ4n) is 2.03. The molecule has 0 radical (unpaired) electrons. The van der Waals surface area contributed by atoms with E-state index in [1.165, 1.54) is 19.3 Å². The van der Waals surface area contributed by atoms with Crippen molar-refractivity contribution in [2.45, 2.75) is 25.2 Å². The van der Waals surface area contributed by atoms with Crippen LogP contribution in [0, 0.1) is 0 Å². The minimum absolute atomic E-state index is 0.366. The van der Waals surface area contributed by atoms with Crippen LogP contribution in [0.5, 0.6) is 0 Å². The van der Waals surface area contributed by atoms with Crippen molar-refractivity contribution in [3.8, 4) is 5.69 Å². The Morgan fingerprint density at radius 1 is 1.19 bits per heavy atom. The summed E-state index contributed by atoms with van der Waals surface area (Å²) in [6.07, 6.45) is 3.68. The molecule has 2 aromatic rings. The first kappa shape index (κ1) is 9.39. The van der Waals surface area contributed by atoms with Gasteiger partial charge in [0, 0.05) is 5.92 Å². The van der Waals surface area contributed by atoms with Crippen LogP contribution in [0.15, 0.2) is 30.3 Å². The first-order valence-corrected chi connectivity index (χ1v) is 5.62. The molecule has 1 aliphatic carbocycles. The van der Waals surface area contributed by atoms with Gasteiger partial charge in [-0.15, -0.1) is 5.10 Å². The molecule has 2 N–H and O–H groups in total. The lowest BCUT2D eigenvalue weighted by Crippen LogP contribution is -2.15. The smallest absolute Gasteiger partial charge is 0.240 e. The summed E-state index contributed by atoms with van der Waals surface area (Å²) in [6.45, 7) is 0. The van der Waals surface area contributed by atoms with Crippen molar-refractivity contribution >= 4 is 5.95 Å². The lowest BCUT2D eigenvalue weighted by atomic mass is 9.85. The zero-order chi connectivity index (χ0) is 11.0. The van der Waals surface area contributed by atoms with E-state index in [1.54, 1.807) is 0 Å². The zero-order valence-electron chi connectivity index (χ0n) is 9.00. The van der Waals surface area contributed by atoms with E-state index >= 15 is 0 Å². The number of hydrogen-bond acceptors (Lipinski definition) is 3. The van der Waals surface area contributed by atoms with Crippen molar-refractivity contribution in [3.63, 3.8) is 0 Å². The van der Waals surface area contributed by atoms with Crippen LogP contribution in [0.4, 0.5) is 5.95 Å². The van der Waals surface area contributed by atoms with Crippen molar-refractivity contribution < 1.29 is 0 Å². The second-order valence-corrected chi connectivity index (χ2v) is 4.20. The van der Waals surface area contributed by atoms with Crippen molar-refractivity contribution in [3.05, 3.63) is 36.2 Å². The summed E-state index contributed by atoms with van der Waals surface area (Å²) < 4.78 is 1.87. The fraction of sp³-hybridized carbons (Fsp3) is 0.333. The highest BCUT2D eigenvalue weighted by Gasteiger charge is 2.25. The van der Waals surface area contributed by atoms with Crippen LogP contribution in [0.2, 0.25) is 0 Å². The van der Waals surface area contributed by atoms with E-state index in [1.807, 2.05) is 35.0 Å². The molecule has 16 heavy (non-hydrogen) atoms. The quantitative estimate of drug-likeness (QED) is 0.833. The normalized spacial score (nSPS) is 16.0. The maximum Gasteiger partial charge on any atom is 0.240 e. The number of nitrogens with two attached hydrogens (primary N) is 1. The number of nitrogens with zero attached hydrogens (tertiary/aromatic N) is 3. The van der Waals surface area contributed by atoms with Crippen LogP contribution >= 0.6 is 0 Å². The number of rotatable bonds is 2. The van der Waals surface area contributed by atoms with Gasteiger partial charge in [-0.25, -0.2) is 4.68 Å². The second kappa shape index (κ2) is 3.63. The summed E-state index contributed by atoms with van der Waals surface area (Å²) >= 11 is 0. The second-order valence-electron chi connectivity index (χ2n) is 4.20. The Balaban J connectivity index is 2.06. The Morgan fingerprint density at radius 2 is 1.94 bits per heavy atom. The molecule has 1 aliphatic rings. The topological polar surface area (TPSA) is 56.7 Å². The van der Waals surface area contributed by atoms with Gasteiger partial charge in [-0.1, -0.05) is 24.6 Å². The highest BCUT2D eigenvalue weighted by Crippen LogP contribution is 2.36. The standard InChI is InChI=1S/C12H14N4/c13-12-14-11(9-5-4-6-9)16(15-12)10-7-2-1-3-8-10/h1-3,7-9H,4-6H2,(H2,13,15). The molecule has 1 saturated carbocycles. The van der Waals surface area contributed by atoms with E-state index in [0.29, 0.717) is 11.9 Å². The summed E-state index contributed by atoms with van der Waals surface area (Å²) in [5, 5.41) is 4.27. The van der Waals surface area contributed by atoms with E-state index in [9.17, 15) is 0 Å². The van der Waals surface area contributed by atoms with Crippen molar-refractivity contribution in [1.29, 1.82) is 0 Å².